The molecule has 1 saturated carbocycles. The van der Waals surface area contributed by atoms with Crippen LogP contribution in [0.25, 0.3) is 32.5 Å². The molecule has 1 aliphatic carbocycles. The van der Waals surface area contributed by atoms with Gasteiger partial charge >= 0.3 is 0 Å². The monoisotopic (exact) mass is 543 g/mol. The first-order chi connectivity index (χ1) is 17.7. The molecule has 1 amide bonds. The van der Waals surface area contributed by atoms with Gasteiger partial charge in [0.25, 0.3) is 0 Å². The van der Waals surface area contributed by atoms with Crippen LogP contribution in [0.1, 0.15) is 6.42 Å². The van der Waals surface area contributed by atoms with Crippen molar-refractivity contribution < 1.29 is 23.4 Å². The van der Waals surface area contributed by atoms with Gasteiger partial charge in [-0.15, -0.1) is 11.3 Å². The minimum atomic E-state index is -1.25. The lowest BCUT2D eigenvalue weighted by Crippen LogP contribution is -2.22. The van der Waals surface area contributed by atoms with Crippen LogP contribution in [0.4, 0.5) is 10.2 Å². The standard InChI is InChI=1S/C25H30FN5O4SSi/c1-33-20-19(25(34-2)30-22-21(20)36-12-27-22)16-11-31(13-35-8-9-37(3,4)5)23-14(16)6-7-18(28-23)29-24(32)15-10-17(15)26/h6-7,11-12,15,17H,8-10,13H2,1-5H3,(H,28,29,32). The topological polar surface area (TPSA) is 100 Å². The molecule has 4 heterocycles. The van der Waals surface area contributed by atoms with Gasteiger partial charge in [0.05, 0.1) is 31.2 Å². The number of hydrogen-bond acceptors (Lipinski definition) is 8. The van der Waals surface area contributed by atoms with E-state index in [2.05, 4.69) is 34.9 Å². The van der Waals surface area contributed by atoms with Gasteiger partial charge in [-0.2, -0.15) is 4.98 Å². The van der Waals surface area contributed by atoms with Crippen molar-refractivity contribution in [3.8, 4) is 22.8 Å². The summed E-state index contributed by atoms with van der Waals surface area (Å²) >= 11 is 1.44. The van der Waals surface area contributed by atoms with Gasteiger partial charge < -0.3 is 24.1 Å². The molecule has 9 nitrogen and oxygen atoms in total. The number of alkyl halides is 1. The maximum Gasteiger partial charge on any atom is 0.231 e. The van der Waals surface area contributed by atoms with Crippen LogP contribution >= 0.6 is 11.3 Å². The van der Waals surface area contributed by atoms with Gasteiger partial charge in [-0.25, -0.2) is 14.4 Å². The SMILES string of the molecule is COc1nc2ncsc2c(OC)c1-c1cn(COCC[Si](C)(C)C)c2nc(NC(=O)C3CC3F)ccc12. The molecule has 1 fully saturated rings. The van der Waals surface area contributed by atoms with E-state index in [0.717, 1.165) is 21.7 Å². The minimum absolute atomic E-state index is 0.256. The van der Waals surface area contributed by atoms with Gasteiger partial charge in [0.1, 0.15) is 29.1 Å². The van der Waals surface area contributed by atoms with E-state index in [-0.39, 0.29) is 19.1 Å². The number of rotatable bonds is 10. The lowest BCUT2D eigenvalue weighted by molar-refractivity contribution is -0.117. The predicted octanol–water partition coefficient (Wildman–Crippen LogP) is 5.33. The van der Waals surface area contributed by atoms with Crippen molar-refractivity contribution in [2.45, 2.75) is 45.0 Å². The van der Waals surface area contributed by atoms with E-state index in [9.17, 15) is 9.18 Å². The van der Waals surface area contributed by atoms with E-state index in [1.807, 2.05) is 16.8 Å². The maximum absolute atomic E-state index is 13.4. The second-order valence-corrected chi connectivity index (χ2v) is 16.8. The number of aromatic nitrogens is 4. The lowest BCUT2D eigenvalue weighted by Gasteiger charge is -2.15. The molecular formula is C25H30FN5O4SSi. The number of carbonyl (C=O) groups is 1. The quantitative estimate of drug-likeness (QED) is 0.213. The number of nitrogens with zero attached hydrogens (tertiary/aromatic N) is 4. The Hall–Kier alpha value is -3.09. The van der Waals surface area contributed by atoms with E-state index >= 15 is 0 Å². The Bertz CT molecular complexity index is 1470. The number of halogens is 1. The highest BCUT2D eigenvalue weighted by Gasteiger charge is 2.43. The molecule has 2 unspecified atom stereocenters. The summed E-state index contributed by atoms with van der Waals surface area (Å²) in [6, 6.07) is 4.63. The maximum atomic E-state index is 13.4. The van der Waals surface area contributed by atoms with Crippen LogP contribution in [0, 0.1) is 5.92 Å². The molecule has 0 spiro atoms. The number of carbonyl (C=O) groups excluding carboxylic acids is 1. The summed E-state index contributed by atoms with van der Waals surface area (Å²) in [5.74, 6) is 0.402. The summed E-state index contributed by atoms with van der Waals surface area (Å²) < 4.78 is 33.6. The zero-order valence-electron chi connectivity index (χ0n) is 21.5. The van der Waals surface area contributed by atoms with Crippen LogP contribution in [0.2, 0.25) is 25.7 Å². The van der Waals surface area contributed by atoms with Gasteiger partial charge in [0.15, 0.2) is 11.4 Å². The van der Waals surface area contributed by atoms with Crippen LogP contribution in [0.3, 0.4) is 0 Å². The number of pyridine rings is 2. The fraction of sp³-hybridized carbons (Fsp3) is 0.440. The summed E-state index contributed by atoms with van der Waals surface area (Å²) in [5.41, 5.74) is 4.37. The number of fused-ring (bicyclic) bond motifs is 2. The number of nitrogens with one attached hydrogen (secondary N) is 1. The normalized spacial score (nSPS) is 17.4. The molecule has 0 bridgehead atoms. The van der Waals surface area contributed by atoms with Crippen molar-refractivity contribution in [2.75, 3.05) is 26.1 Å². The predicted molar refractivity (Wildman–Crippen MR) is 145 cm³/mol. The highest BCUT2D eigenvalue weighted by molar-refractivity contribution is 7.17. The number of methoxy groups -OCH3 is 2. The molecule has 1 aliphatic rings. The number of anilines is 1. The second-order valence-electron chi connectivity index (χ2n) is 10.3. The Balaban J connectivity index is 1.59. The third-order valence-corrected chi connectivity index (χ3v) is 8.84. The van der Waals surface area contributed by atoms with Crippen LogP contribution < -0.4 is 14.8 Å². The average molecular weight is 544 g/mol. The van der Waals surface area contributed by atoms with Crippen LogP contribution in [-0.4, -0.2) is 60.5 Å². The fourth-order valence-electron chi connectivity index (χ4n) is 4.14. The Morgan fingerprint density at radius 2 is 2.03 bits per heavy atom. The first-order valence-corrected chi connectivity index (χ1v) is 16.7. The third-order valence-electron chi connectivity index (χ3n) is 6.32. The number of thiazole rings is 1. The average Bonchev–Trinajstić information content (AvgIpc) is 3.25. The molecule has 12 heteroatoms. The molecule has 0 aliphatic heterocycles. The zero-order chi connectivity index (χ0) is 26.3. The second kappa shape index (κ2) is 9.99. The Kier molecular flexibility index (Phi) is 6.90. The van der Waals surface area contributed by atoms with Gasteiger partial charge in [-0.3, -0.25) is 4.79 Å². The first-order valence-electron chi connectivity index (χ1n) is 12.1. The summed E-state index contributed by atoms with van der Waals surface area (Å²) in [5, 5.41) is 3.56. The first kappa shape index (κ1) is 25.6. The molecule has 4 aromatic heterocycles. The molecule has 4 aromatic rings. The van der Waals surface area contributed by atoms with Crippen molar-refractivity contribution in [1.82, 2.24) is 19.5 Å². The molecule has 0 aromatic carbocycles. The molecule has 5 rings (SSSR count). The van der Waals surface area contributed by atoms with E-state index in [4.69, 9.17) is 19.2 Å². The molecule has 37 heavy (non-hydrogen) atoms. The van der Waals surface area contributed by atoms with Crippen LogP contribution in [-0.2, 0) is 16.3 Å². The molecule has 0 saturated heterocycles. The Morgan fingerprint density at radius 1 is 1.24 bits per heavy atom. The van der Waals surface area contributed by atoms with Crippen molar-refractivity contribution in [1.29, 1.82) is 0 Å². The van der Waals surface area contributed by atoms with Gasteiger partial charge in [-0.1, -0.05) is 19.6 Å². The van der Waals surface area contributed by atoms with E-state index in [1.54, 1.807) is 25.8 Å². The van der Waals surface area contributed by atoms with E-state index < -0.39 is 20.2 Å². The summed E-state index contributed by atoms with van der Waals surface area (Å²) in [6.45, 7) is 7.83. The minimum Gasteiger partial charge on any atom is -0.494 e. The Morgan fingerprint density at radius 3 is 2.70 bits per heavy atom. The Labute approximate surface area is 219 Å². The van der Waals surface area contributed by atoms with Crippen molar-refractivity contribution >= 4 is 52.5 Å². The fourth-order valence-corrected chi connectivity index (χ4v) is 5.66. The third kappa shape index (κ3) is 5.18. The summed E-state index contributed by atoms with van der Waals surface area (Å²) in [6.07, 6.45) is 1.12. The zero-order valence-corrected chi connectivity index (χ0v) is 23.3. The molecule has 0 radical (unpaired) electrons. The molecule has 2 atom stereocenters. The van der Waals surface area contributed by atoms with Crippen molar-refractivity contribution in [3.63, 3.8) is 0 Å². The molecular weight excluding hydrogens is 513 g/mol. The molecule has 196 valence electrons. The number of ether oxygens (including phenoxy) is 3. The van der Waals surface area contributed by atoms with Gasteiger partial charge in [0, 0.05) is 31.8 Å². The summed E-state index contributed by atoms with van der Waals surface area (Å²) in [7, 11) is 1.92. The smallest absolute Gasteiger partial charge is 0.231 e. The van der Waals surface area contributed by atoms with Gasteiger partial charge in [0.2, 0.25) is 11.8 Å². The lowest BCUT2D eigenvalue weighted by atomic mass is 10.1. The van der Waals surface area contributed by atoms with Crippen LogP contribution in [0.5, 0.6) is 11.6 Å². The van der Waals surface area contributed by atoms with Gasteiger partial charge in [-0.05, 0) is 24.6 Å². The van der Waals surface area contributed by atoms with Crippen molar-refractivity contribution in [2.24, 2.45) is 5.92 Å². The molecule has 1 N–H and O–H groups in total. The highest BCUT2D eigenvalue weighted by Crippen LogP contribution is 2.46. The van der Waals surface area contributed by atoms with Crippen LogP contribution in [0.15, 0.2) is 23.8 Å². The summed E-state index contributed by atoms with van der Waals surface area (Å²) in [4.78, 5) is 26.0. The van der Waals surface area contributed by atoms with E-state index in [0.29, 0.717) is 40.9 Å². The van der Waals surface area contributed by atoms with E-state index in [1.165, 1.54) is 11.3 Å². The largest absolute Gasteiger partial charge is 0.494 e. The van der Waals surface area contributed by atoms with Crippen molar-refractivity contribution in [3.05, 3.63) is 23.8 Å². The number of hydrogen-bond donors (Lipinski definition) is 1. The highest BCUT2D eigenvalue weighted by atomic mass is 32.1. The number of amides is 1.